The van der Waals surface area contributed by atoms with E-state index in [1.54, 1.807) is 7.11 Å². The molecule has 0 aliphatic rings. The van der Waals surface area contributed by atoms with Gasteiger partial charge in [0.25, 0.3) is 0 Å². The average molecular weight is 268 g/mol. The van der Waals surface area contributed by atoms with Gasteiger partial charge in [-0.2, -0.15) is 5.10 Å². The zero-order valence-corrected chi connectivity index (χ0v) is 12.7. The van der Waals surface area contributed by atoms with Gasteiger partial charge in [-0.15, -0.1) is 0 Å². The van der Waals surface area contributed by atoms with Gasteiger partial charge in [0, 0.05) is 25.9 Å². The van der Waals surface area contributed by atoms with Crippen molar-refractivity contribution in [2.75, 3.05) is 38.7 Å². The Bertz CT molecular complexity index is 336. The molecule has 1 aromatic rings. The maximum atomic E-state index is 5.19. The van der Waals surface area contributed by atoms with Crippen LogP contribution in [0.5, 0.6) is 0 Å². The maximum Gasteiger partial charge on any atom is 0.0729 e. The number of ether oxygens (including phenoxy) is 1. The van der Waals surface area contributed by atoms with Gasteiger partial charge in [0.05, 0.1) is 25.0 Å². The van der Waals surface area contributed by atoms with E-state index < -0.39 is 0 Å². The standard InChI is InChI=1S/C14H28N4O/c1-5-13(12-19-4)16-14-10-15-18(11-14)9-8-17(6-2)7-3/h10-11,13,16H,5-9,12H2,1-4H3. The average Bonchev–Trinajstić information content (AvgIpc) is 2.87. The van der Waals surface area contributed by atoms with Crippen LogP contribution >= 0.6 is 0 Å². The lowest BCUT2D eigenvalue weighted by molar-refractivity contribution is 0.184. The molecule has 110 valence electrons. The fourth-order valence-corrected chi connectivity index (χ4v) is 2.04. The van der Waals surface area contributed by atoms with Gasteiger partial charge >= 0.3 is 0 Å². The van der Waals surface area contributed by atoms with Crippen molar-refractivity contribution in [1.29, 1.82) is 0 Å². The van der Waals surface area contributed by atoms with Gasteiger partial charge in [0.2, 0.25) is 0 Å². The SMILES string of the molecule is CCC(COC)Nc1cnn(CCN(CC)CC)c1. The van der Waals surface area contributed by atoms with E-state index >= 15 is 0 Å². The number of rotatable bonds is 10. The number of aromatic nitrogens is 2. The Labute approximate surface area is 116 Å². The number of methoxy groups -OCH3 is 1. The van der Waals surface area contributed by atoms with Crippen molar-refractivity contribution in [3.63, 3.8) is 0 Å². The first-order chi connectivity index (χ1) is 9.23. The fraction of sp³-hybridized carbons (Fsp3) is 0.786. The summed E-state index contributed by atoms with van der Waals surface area (Å²) in [6.07, 6.45) is 5.00. The van der Waals surface area contributed by atoms with Crippen molar-refractivity contribution < 1.29 is 4.74 Å². The molecular weight excluding hydrogens is 240 g/mol. The Morgan fingerprint density at radius 2 is 2.11 bits per heavy atom. The van der Waals surface area contributed by atoms with E-state index in [0.29, 0.717) is 6.04 Å². The quantitative estimate of drug-likeness (QED) is 0.705. The lowest BCUT2D eigenvalue weighted by Crippen LogP contribution is -2.27. The van der Waals surface area contributed by atoms with Crippen LogP contribution in [0.2, 0.25) is 0 Å². The highest BCUT2D eigenvalue weighted by Crippen LogP contribution is 2.09. The van der Waals surface area contributed by atoms with E-state index in [2.05, 4.69) is 42.3 Å². The van der Waals surface area contributed by atoms with Gasteiger partial charge in [-0.25, -0.2) is 0 Å². The maximum absolute atomic E-state index is 5.19. The molecule has 1 unspecified atom stereocenters. The van der Waals surface area contributed by atoms with Gasteiger partial charge in [-0.3, -0.25) is 4.68 Å². The highest BCUT2D eigenvalue weighted by atomic mass is 16.5. The van der Waals surface area contributed by atoms with Crippen molar-refractivity contribution in [1.82, 2.24) is 14.7 Å². The minimum Gasteiger partial charge on any atom is -0.383 e. The van der Waals surface area contributed by atoms with Crippen molar-refractivity contribution in [2.45, 2.75) is 39.8 Å². The van der Waals surface area contributed by atoms with Crippen LogP contribution < -0.4 is 5.32 Å². The topological polar surface area (TPSA) is 42.3 Å². The van der Waals surface area contributed by atoms with E-state index in [1.165, 1.54) is 0 Å². The summed E-state index contributed by atoms with van der Waals surface area (Å²) in [7, 11) is 1.73. The summed E-state index contributed by atoms with van der Waals surface area (Å²) >= 11 is 0. The van der Waals surface area contributed by atoms with Crippen molar-refractivity contribution in [2.24, 2.45) is 0 Å². The van der Waals surface area contributed by atoms with E-state index in [4.69, 9.17) is 4.74 Å². The Kier molecular flexibility index (Phi) is 7.52. The molecule has 0 saturated heterocycles. The summed E-state index contributed by atoms with van der Waals surface area (Å²) in [5.74, 6) is 0. The fourth-order valence-electron chi connectivity index (χ4n) is 2.04. The molecular formula is C14H28N4O. The molecule has 0 radical (unpaired) electrons. The Morgan fingerprint density at radius 3 is 2.68 bits per heavy atom. The molecule has 1 aromatic heterocycles. The smallest absolute Gasteiger partial charge is 0.0729 e. The Hall–Kier alpha value is -1.07. The first kappa shape index (κ1) is 16.0. The Morgan fingerprint density at radius 1 is 1.37 bits per heavy atom. The number of hydrogen-bond acceptors (Lipinski definition) is 4. The predicted molar refractivity (Wildman–Crippen MR) is 79.6 cm³/mol. The second-order valence-electron chi connectivity index (χ2n) is 4.72. The van der Waals surface area contributed by atoms with Crippen molar-refractivity contribution >= 4 is 5.69 Å². The molecule has 1 rings (SSSR count). The largest absolute Gasteiger partial charge is 0.383 e. The predicted octanol–water partition coefficient (Wildman–Crippen LogP) is 2.06. The summed E-state index contributed by atoms with van der Waals surface area (Å²) in [6.45, 7) is 11.4. The summed E-state index contributed by atoms with van der Waals surface area (Å²) in [5, 5.41) is 7.83. The molecule has 0 saturated carbocycles. The third-order valence-electron chi connectivity index (χ3n) is 3.40. The molecule has 19 heavy (non-hydrogen) atoms. The summed E-state index contributed by atoms with van der Waals surface area (Å²) in [6, 6.07) is 0.352. The normalized spacial score (nSPS) is 12.9. The van der Waals surface area contributed by atoms with Gasteiger partial charge < -0.3 is 15.0 Å². The molecule has 0 amide bonds. The molecule has 0 fully saturated rings. The number of likely N-dealkylation sites (N-methyl/N-ethyl adjacent to an activating group) is 1. The van der Waals surface area contributed by atoms with Crippen LogP contribution in [0.4, 0.5) is 5.69 Å². The highest BCUT2D eigenvalue weighted by Gasteiger charge is 2.07. The van der Waals surface area contributed by atoms with Crippen LogP contribution in [-0.4, -0.2) is 54.1 Å². The molecule has 0 aromatic carbocycles. The summed E-state index contributed by atoms with van der Waals surface area (Å²) in [5.41, 5.74) is 1.07. The molecule has 5 nitrogen and oxygen atoms in total. The van der Waals surface area contributed by atoms with Crippen LogP contribution in [0.15, 0.2) is 12.4 Å². The minimum atomic E-state index is 0.352. The zero-order valence-electron chi connectivity index (χ0n) is 12.7. The van der Waals surface area contributed by atoms with Crippen LogP contribution in [0.1, 0.15) is 27.2 Å². The molecule has 1 heterocycles. The molecule has 0 aliphatic heterocycles. The number of anilines is 1. The number of nitrogens with zero attached hydrogens (tertiary/aromatic N) is 3. The second kappa shape index (κ2) is 8.93. The molecule has 5 heteroatoms. The first-order valence-electron chi connectivity index (χ1n) is 7.23. The van der Waals surface area contributed by atoms with E-state index in [-0.39, 0.29) is 0 Å². The van der Waals surface area contributed by atoms with Gasteiger partial charge in [-0.1, -0.05) is 20.8 Å². The third-order valence-corrected chi connectivity index (χ3v) is 3.40. The molecule has 0 bridgehead atoms. The molecule has 1 N–H and O–H groups in total. The first-order valence-corrected chi connectivity index (χ1v) is 7.23. The minimum absolute atomic E-state index is 0.352. The zero-order chi connectivity index (χ0) is 14.1. The molecule has 1 atom stereocenters. The number of hydrogen-bond donors (Lipinski definition) is 1. The van der Waals surface area contributed by atoms with Crippen LogP contribution in [0.3, 0.4) is 0 Å². The van der Waals surface area contributed by atoms with E-state index in [0.717, 1.165) is 44.9 Å². The molecule has 0 spiro atoms. The summed E-state index contributed by atoms with van der Waals surface area (Å²) < 4.78 is 7.19. The highest BCUT2D eigenvalue weighted by molar-refractivity contribution is 5.39. The Balaban J connectivity index is 2.43. The second-order valence-corrected chi connectivity index (χ2v) is 4.72. The van der Waals surface area contributed by atoms with Crippen LogP contribution in [-0.2, 0) is 11.3 Å². The number of nitrogens with one attached hydrogen (secondary N) is 1. The van der Waals surface area contributed by atoms with Crippen molar-refractivity contribution in [3.05, 3.63) is 12.4 Å². The lowest BCUT2D eigenvalue weighted by Gasteiger charge is -2.17. The van der Waals surface area contributed by atoms with Gasteiger partial charge in [0.15, 0.2) is 0 Å². The monoisotopic (exact) mass is 268 g/mol. The third kappa shape index (κ3) is 5.61. The van der Waals surface area contributed by atoms with E-state index in [9.17, 15) is 0 Å². The lowest BCUT2D eigenvalue weighted by atomic mass is 10.2. The van der Waals surface area contributed by atoms with Crippen LogP contribution in [0.25, 0.3) is 0 Å². The van der Waals surface area contributed by atoms with Gasteiger partial charge in [0.1, 0.15) is 0 Å². The van der Waals surface area contributed by atoms with Crippen LogP contribution in [0, 0.1) is 0 Å². The summed E-state index contributed by atoms with van der Waals surface area (Å²) in [4.78, 5) is 2.40. The molecule has 0 aliphatic carbocycles. The van der Waals surface area contributed by atoms with Crippen molar-refractivity contribution in [3.8, 4) is 0 Å². The van der Waals surface area contributed by atoms with E-state index in [1.807, 2.05) is 10.9 Å². The van der Waals surface area contributed by atoms with Gasteiger partial charge in [-0.05, 0) is 19.5 Å².